The lowest BCUT2D eigenvalue weighted by atomic mass is 9.93. The molecule has 7 nitrogen and oxygen atoms in total. The normalized spacial score (nSPS) is 17.0. The Balaban J connectivity index is 1.50. The zero-order chi connectivity index (χ0) is 15.8. The maximum absolute atomic E-state index is 12.3. The maximum Gasteiger partial charge on any atom is 0.276 e. The van der Waals surface area contributed by atoms with Crippen LogP contribution in [0.5, 0.6) is 0 Å². The highest BCUT2D eigenvalue weighted by molar-refractivity contribution is 7.16. The van der Waals surface area contributed by atoms with Gasteiger partial charge in [0.15, 0.2) is 16.0 Å². The fourth-order valence-electron chi connectivity index (χ4n) is 2.55. The fourth-order valence-corrected chi connectivity index (χ4v) is 4.46. The Bertz CT molecular complexity index is 837. The summed E-state index contributed by atoms with van der Waals surface area (Å²) in [6.45, 7) is 2.25. The van der Waals surface area contributed by atoms with Crippen LogP contribution in [0.3, 0.4) is 0 Å². The van der Waals surface area contributed by atoms with Gasteiger partial charge in [-0.15, -0.1) is 22.7 Å². The number of rotatable bonds is 3. The molecule has 1 atom stereocenters. The van der Waals surface area contributed by atoms with Crippen molar-refractivity contribution in [1.82, 2.24) is 25.1 Å². The number of aromatic amines is 1. The molecule has 0 radical (unpaired) electrons. The van der Waals surface area contributed by atoms with Crippen LogP contribution in [-0.2, 0) is 12.8 Å². The number of nitrogens with zero attached hydrogens (tertiary/aromatic N) is 4. The number of thiazole rings is 2. The lowest BCUT2D eigenvalue weighted by molar-refractivity contribution is 0.102. The number of hydrogen-bond donors (Lipinski definition) is 2. The van der Waals surface area contributed by atoms with Crippen molar-refractivity contribution < 1.29 is 4.79 Å². The summed E-state index contributed by atoms with van der Waals surface area (Å²) in [5.74, 6) is 1.01. The van der Waals surface area contributed by atoms with Crippen molar-refractivity contribution in [2.45, 2.75) is 26.2 Å². The average Bonchev–Trinajstić information content (AvgIpc) is 3.26. The van der Waals surface area contributed by atoms with Crippen LogP contribution in [0.25, 0.3) is 10.8 Å². The molecule has 0 fully saturated rings. The molecule has 0 saturated heterocycles. The molecular weight excluding hydrogens is 332 g/mol. The van der Waals surface area contributed by atoms with Gasteiger partial charge >= 0.3 is 0 Å². The minimum atomic E-state index is -0.244. The first-order valence-electron chi connectivity index (χ1n) is 7.30. The SMILES string of the molecule is C[C@@H]1CCc2nc(NC(=O)c3csc(-c4ncn[nH]4)n3)sc2C1. The number of fused-ring (bicyclic) bond motifs is 1. The Kier molecular flexibility index (Phi) is 3.66. The molecule has 1 aliphatic rings. The average molecular weight is 346 g/mol. The van der Waals surface area contributed by atoms with E-state index < -0.39 is 0 Å². The van der Waals surface area contributed by atoms with E-state index in [1.165, 1.54) is 22.5 Å². The van der Waals surface area contributed by atoms with Gasteiger partial charge in [0.25, 0.3) is 5.91 Å². The van der Waals surface area contributed by atoms with Crippen LogP contribution < -0.4 is 5.32 Å². The van der Waals surface area contributed by atoms with E-state index in [9.17, 15) is 4.79 Å². The predicted octanol–water partition coefficient (Wildman–Crippen LogP) is 2.76. The van der Waals surface area contributed by atoms with E-state index in [0.717, 1.165) is 25.0 Å². The van der Waals surface area contributed by atoms with Crippen molar-refractivity contribution in [2.75, 3.05) is 5.32 Å². The van der Waals surface area contributed by atoms with Gasteiger partial charge in [-0.25, -0.2) is 15.0 Å². The van der Waals surface area contributed by atoms with E-state index in [0.29, 0.717) is 27.6 Å². The summed E-state index contributed by atoms with van der Waals surface area (Å²) < 4.78 is 0. The molecule has 3 heterocycles. The second-order valence-corrected chi connectivity index (χ2v) is 7.50. The standard InChI is InChI=1S/C14H14N6OS2/c1-7-2-3-8-10(4-7)23-14(18-8)19-12(21)9-5-22-13(17-9)11-15-6-16-20-11/h5-7H,2-4H2,1H3,(H,15,16,20)(H,18,19,21)/t7-/m1/s1. The lowest BCUT2D eigenvalue weighted by Crippen LogP contribution is -2.12. The highest BCUT2D eigenvalue weighted by Crippen LogP contribution is 2.32. The monoisotopic (exact) mass is 346 g/mol. The molecule has 118 valence electrons. The van der Waals surface area contributed by atoms with Crippen LogP contribution in [0.2, 0.25) is 0 Å². The number of amides is 1. The largest absolute Gasteiger partial charge is 0.296 e. The van der Waals surface area contributed by atoms with Crippen LogP contribution in [-0.4, -0.2) is 31.1 Å². The van der Waals surface area contributed by atoms with Crippen LogP contribution in [0.15, 0.2) is 11.7 Å². The van der Waals surface area contributed by atoms with Gasteiger partial charge in [-0.3, -0.25) is 15.2 Å². The number of carbonyl (C=O) groups excluding carboxylic acids is 1. The zero-order valence-corrected chi connectivity index (χ0v) is 14.0. The van der Waals surface area contributed by atoms with Crippen molar-refractivity contribution in [1.29, 1.82) is 0 Å². The summed E-state index contributed by atoms with van der Waals surface area (Å²) in [6, 6.07) is 0. The molecule has 0 aromatic carbocycles. The Morgan fingerprint density at radius 1 is 1.43 bits per heavy atom. The van der Waals surface area contributed by atoms with Crippen molar-refractivity contribution >= 4 is 33.7 Å². The Labute approximate surface area is 140 Å². The number of anilines is 1. The predicted molar refractivity (Wildman–Crippen MR) is 88.7 cm³/mol. The fraction of sp³-hybridized carbons (Fsp3) is 0.357. The minimum Gasteiger partial charge on any atom is -0.296 e. The lowest BCUT2D eigenvalue weighted by Gasteiger charge is -2.15. The van der Waals surface area contributed by atoms with Crippen molar-refractivity contribution in [3.8, 4) is 10.8 Å². The van der Waals surface area contributed by atoms with Gasteiger partial charge in [0.1, 0.15) is 12.0 Å². The molecule has 23 heavy (non-hydrogen) atoms. The van der Waals surface area contributed by atoms with Gasteiger partial charge in [0, 0.05) is 10.3 Å². The van der Waals surface area contributed by atoms with E-state index in [2.05, 4.69) is 37.4 Å². The molecule has 2 N–H and O–H groups in total. The first kappa shape index (κ1) is 14.5. The van der Waals surface area contributed by atoms with E-state index >= 15 is 0 Å². The molecule has 9 heteroatoms. The van der Waals surface area contributed by atoms with E-state index in [-0.39, 0.29) is 5.91 Å². The highest BCUT2D eigenvalue weighted by Gasteiger charge is 2.21. The summed E-state index contributed by atoms with van der Waals surface area (Å²) in [5.41, 5.74) is 1.49. The number of hydrogen-bond acceptors (Lipinski definition) is 7. The first-order chi connectivity index (χ1) is 11.2. The van der Waals surface area contributed by atoms with E-state index in [4.69, 9.17) is 0 Å². The number of carbonyl (C=O) groups is 1. The maximum atomic E-state index is 12.3. The quantitative estimate of drug-likeness (QED) is 0.760. The van der Waals surface area contributed by atoms with Crippen LogP contribution >= 0.6 is 22.7 Å². The molecule has 4 rings (SSSR count). The van der Waals surface area contributed by atoms with Crippen molar-refractivity contribution in [2.24, 2.45) is 5.92 Å². The summed E-state index contributed by atoms with van der Waals surface area (Å²) >= 11 is 2.92. The van der Waals surface area contributed by atoms with Gasteiger partial charge in [0.05, 0.1) is 5.69 Å². The second kappa shape index (κ2) is 5.82. The number of H-pyrrole nitrogens is 1. The Morgan fingerprint density at radius 3 is 3.17 bits per heavy atom. The molecule has 3 aromatic rings. The van der Waals surface area contributed by atoms with Crippen molar-refractivity contribution in [3.63, 3.8) is 0 Å². The smallest absolute Gasteiger partial charge is 0.276 e. The van der Waals surface area contributed by atoms with E-state index in [1.807, 2.05) is 0 Å². The first-order valence-corrected chi connectivity index (χ1v) is 9.00. The molecule has 0 bridgehead atoms. The highest BCUT2D eigenvalue weighted by atomic mass is 32.1. The summed E-state index contributed by atoms with van der Waals surface area (Å²) in [5, 5.41) is 12.4. The Hall–Kier alpha value is -2.13. The van der Waals surface area contributed by atoms with Gasteiger partial charge in [0.2, 0.25) is 0 Å². The topological polar surface area (TPSA) is 96.5 Å². The molecule has 0 spiro atoms. The Morgan fingerprint density at radius 2 is 2.35 bits per heavy atom. The molecular formula is C14H14N6OS2. The number of aromatic nitrogens is 5. The van der Waals surface area contributed by atoms with Crippen LogP contribution in [0, 0.1) is 5.92 Å². The van der Waals surface area contributed by atoms with E-state index in [1.54, 1.807) is 16.7 Å². The zero-order valence-electron chi connectivity index (χ0n) is 12.4. The molecule has 3 aromatic heterocycles. The third-order valence-electron chi connectivity index (χ3n) is 3.76. The molecule has 0 aliphatic heterocycles. The number of nitrogens with one attached hydrogen (secondary N) is 2. The van der Waals surface area contributed by atoms with Crippen molar-refractivity contribution in [3.05, 3.63) is 28.0 Å². The summed E-state index contributed by atoms with van der Waals surface area (Å²) in [7, 11) is 0. The van der Waals surface area contributed by atoms with Crippen LogP contribution in [0.1, 0.15) is 34.4 Å². The molecule has 1 amide bonds. The second-order valence-electron chi connectivity index (χ2n) is 5.56. The summed E-state index contributed by atoms with van der Waals surface area (Å²) in [6.07, 6.45) is 4.62. The molecule has 0 saturated carbocycles. The molecule has 1 aliphatic carbocycles. The number of aryl methyl sites for hydroxylation is 1. The van der Waals surface area contributed by atoms with Gasteiger partial charge in [-0.05, 0) is 25.2 Å². The third kappa shape index (κ3) is 2.89. The third-order valence-corrected chi connectivity index (χ3v) is 5.65. The minimum absolute atomic E-state index is 0.244. The van der Waals surface area contributed by atoms with Gasteiger partial charge < -0.3 is 0 Å². The van der Waals surface area contributed by atoms with Crippen LogP contribution in [0.4, 0.5) is 5.13 Å². The van der Waals surface area contributed by atoms with Gasteiger partial charge in [-0.2, -0.15) is 5.10 Å². The summed E-state index contributed by atoms with van der Waals surface area (Å²) in [4.78, 5) is 26.5. The molecule has 0 unspecified atom stereocenters. The van der Waals surface area contributed by atoms with Gasteiger partial charge in [-0.1, -0.05) is 6.92 Å².